The van der Waals surface area contributed by atoms with Crippen LogP contribution in [0.5, 0.6) is 0 Å². The highest BCUT2D eigenvalue weighted by Crippen LogP contribution is 2.03. The molecule has 2 heterocycles. The normalized spacial score (nSPS) is 10.9. The van der Waals surface area contributed by atoms with Crippen LogP contribution in [0.3, 0.4) is 0 Å². The summed E-state index contributed by atoms with van der Waals surface area (Å²) in [4.78, 5) is 8.45. The molecule has 2 rings (SSSR count). The maximum Gasteiger partial charge on any atom is 0.233 e. The molecular formula is C9H12N4. The van der Waals surface area contributed by atoms with E-state index in [0.717, 1.165) is 23.5 Å². The fourth-order valence-corrected chi connectivity index (χ4v) is 1.34. The summed E-state index contributed by atoms with van der Waals surface area (Å²) in [6.45, 7) is 2.61. The summed E-state index contributed by atoms with van der Waals surface area (Å²) in [7, 11) is 0. The van der Waals surface area contributed by atoms with Crippen LogP contribution in [0.4, 0.5) is 0 Å². The van der Waals surface area contributed by atoms with Crippen molar-refractivity contribution in [3.63, 3.8) is 0 Å². The number of rotatable bonds is 2. The fourth-order valence-electron chi connectivity index (χ4n) is 1.34. The molecule has 0 bridgehead atoms. The molecule has 0 saturated carbocycles. The molecule has 0 radical (unpaired) electrons. The van der Waals surface area contributed by atoms with E-state index in [1.165, 1.54) is 0 Å². The van der Waals surface area contributed by atoms with Crippen molar-refractivity contribution in [1.29, 1.82) is 0 Å². The molecule has 0 spiro atoms. The standard InChI is InChI=1S/C9H12N4/c1-7-5-13-6-8(2-3-10)4-11-9(13)12-7/h4-6H,2-3,10H2,1H3. The van der Waals surface area contributed by atoms with Crippen LogP contribution in [0, 0.1) is 6.92 Å². The minimum absolute atomic E-state index is 0.654. The van der Waals surface area contributed by atoms with Gasteiger partial charge in [-0.2, -0.15) is 0 Å². The second-order valence-electron chi connectivity index (χ2n) is 3.09. The summed E-state index contributed by atoms with van der Waals surface area (Å²) < 4.78 is 1.93. The van der Waals surface area contributed by atoms with Crippen LogP contribution in [0.15, 0.2) is 18.6 Å². The number of fused-ring (bicyclic) bond motifs is 1. The maximum atomic E-state index is 5.46. The largest absolute Gasteiger partial charge is 0.330 e. The maximum absolute atomic E-state index is 5.46. The molecule has 0 saturated heterocycles. The third kappa shape index (κ3) is 1.53. The predicted octanol–water partition coefficient (Wildman–Crippen LogP) is 0.539. The third-order valence-electron chi connectivity index (χ3n) is 1.92. The quantitative estimate of drug-likeness (QED) is 0.726. The zero-order chi connectivity index (χ0) is 9.26. The molecule has 0 aliphatic heterocycles. The van der Waals surface area contributed by atoms with Crippen molar-refractivity contribution >= 4 is 5.78 Å². The van der Waals surface area contributed by atoms with Crippen molar-refractivity contribution in [2.24, 2.45) is 5.73 Å². The van der Waals surface area contributed by atoms with Crippen LogP contribution in [0.1, 0.15) is 11.3 Å². The van der Waals surface area contributed by atoms with Crippen molar-refractivity contribution in [3.8, 4) is 0 Å². The summed E-state index contributed by atoms with van der Waals surface area (Å²) in [6.07, 6.45) is 6.67. The molecule has 68 valence electrons. The van der Waals surface area contributed by atoms with Crippen molar-refractivity contribution < 1.29 is 0 Å². The van der Waals surface area contributed by atoms with Gasteiger partial charge >= 0.3 is 0 Å². The van der Waals surface area contributed by atoms with Crippen LogP contribution in [0.2, 0.25) is 0 Å². The Hall–Kier alpha value is -1.42. The van der Waals surface area contributed by atoms with Gasteiger partial charge in [-0.3, -0.25) is 4.40 Å². The van der Waals surface area contributed by atoms with E-state index in [2.05, 4.69) is 9.97 Å². The van der Waals surface area contributed by atoms with Crippen molar-refractivity contribution in [3.05, 3.63) is 29.8 Å². The first-order valence-electron chi connectivity index (χ1n) is 4.30. The number of nitrogens with two attached hydrogens (primary N) is 1. The monoisotopic (exact) mass is 176 g/mol. The van der Waals surface area contributed by atoms with E-state index in [0.29, 0.717) is 6.54 Å². The van der Waals surface area contributed by atoms with Gasteiger partial charge in [-0.15, -0.1) is 0 Å². The van der Waals surface area contributed by atoms with Crippen molar-refractivity contribution in [2.45, 2.75) is 13.3 Å². The van der Waals surface area contributed by atoms with Gasteiger partial charge in [0.2, 0.25) is 5.78 Å². The van der Waals surface area contributed by atoms with E-state index in [1.54, 1.807) is 0 Å². The zero-order valence-electron chi connectivity index (χ0n) is 7.57. The molecule has 4 nitrogen and oxygen atoms in total. The minimum Gasteiger partial charge on any atom is -0.330 e. The molecule has 0 amide bonds. The molecule has 0 aliphatic carbocycles. The second kappa shape index (κ2) is 3.14. The van der Waals surface area contributed by atoms with E-state index in [1.807, 2.05) is 29.9 Å². The summed E-state index contributed by atoms with van der Waals surface area (Å²) in [6, 6.07) is 0. The highest BCUT2D eigenvalue weighted by Gasteiger charge is 1.99. The van der Waals surface area contributed by atoms with Crippen LogP contribution in [-0.4, -0.2) is 20.9 Å². The topological polar surface area (TPSA) is 56.2 Å². The highest BCUT2D eigenvalue weighted by atomic mass is 15.1. The molecular weight excluding hydrogens is 164 g/mol. The van der Waals surface area contributed by atoms with Gasteiger partial charge in [-0.25, -0.2) is 9.97 Å². The van der Waals surface area contributed by atoms with Gasteiger partial charge in [-0.1, -0.05) is 0 Å². The number of imidazole rings is 1. The Bertz CT molecular complexity index is 418. The molecule has 4 heteroatoms. The van der Waals surface area contributed by atoms with Gasteiger partial charge in [0.15, 0.2) is 0 Å². The molecule has 0 aromatic carbocycles. The summed E-state index contributed by atoms with van der Waals surface area (Å²) in [5.41, 5.74) is 7.59. The number of hydrogen-bond donors (Lipinski definition) is 1. The Labute approximate surface area is 76.4 Å². The van der Waals surface area contributed by atoms with Gasteiger partial charge in [0.1, 0.15) is 0 Å². The molecule has 0 aliphatic rings. The first-order chi connectivity index (χ1) is 6.29. The lowest BCUT2D eigenvalue weighted by molar-refractivity contribution is 0.934. The molecule has 2 aromatic heterocycles. The Balaban J connectivity index is 2.48. The number of aryl methyl sites for hydroxylation is 1. The predicted molar refractivity (Wildman–Crippen MR) is 50.5 cm³/mol. The molecule has 2 aromatic rings. The van der Waals surface area contributed by atoms with E-state index >= 15 is 0 Å². The van der Waals surface area contributed by atoms with Gasteiger partial charge in [-0.05, 0) is 25.5 Å². The summed E-state index contributed by atoms with van der Waals surface area (Å²) in [5, 5.41) is 0. The fraction of sp³-hybridized carbons (Fsp3) is 0.333. The van der Waals surface area contributed by atoms with Crippen LogP contribution < -0.4 is 5.73 Å². The van der Waals surface area contributed by atoms with Gasteiger partial charge < -0.3 is 5.73 Å². The second-order valence-corrected chi connectivity index (χ2v) is 3.09. The summed E-state index contributed by atoms with van der Waals surface area (Å²) >= 11 is 0. The van der Waals surface area contributed by atoms with Gasteiger partial charge in [0, 0.05) is 18.6 Å². The van der Waals surface area contributed by atoms with Gasteiger partial charge in [0.05, 0.1) is 5.69 Å². The Kier molecular flexibility index (Phi) is 1.98. The lowest BCUT2D eigenvalue weighted by atomic mass is 10.2. The first kappa shape index (κ1) is 8.19. The van der Waals surface area contributed by atoms with E-state index < -0.39 is 0 Å². The van der Waals surface area contributed by atoms with Crippen molar-refractivity contribution in [1.82, 2.24) is 14.4 Å². The Morgan fingerprint density at radius 1 is 1.46 bits per heavy atom. The van der Waals surface area contributed by atoms with E-state index in [9.17, 15) is 0 Å². The lowest BCUT2D eigenvalue weighted by Gasteiger charge is -1.97. The number of nitrogens with zero attached hydrogens (tertiary/aromatic N) is 3. The molecule has 13 heavy (non-hydrogen) atoms. The number of hydrogen-bond acceptors (Lipinski definition) is 3. The number of aromatic nitrogens is 3. The van der Waals surface area contributed by atoms with Crippen LogP contribution >= 0.6 is 0 Å². The summed E-state index contributed by atoms with van der Waals surface area (Å²) in [5.74, 6) is 0.748. The van der Waals surface area contributed by atoms with E-state index in [-0.39, 0.29) is 0 Å². The average molecular weight is 176 g/mol. The molecule has 2 N–H and O–H groups in total. The first-order valence-corrected chi connectivity index (χ1v) is 4.30. The lowest BCUT2D eigenvalue weighted by Crippen LogP contribution is -2.04. The average Bonchev–Trinajstić information content (AvgIpc) is 2.44. The molecule has 0 fully saturated rings. The van der Waals surface area contributed by atoms with E-state index in [4.69, 9.17) is 5.73 Å². The molecule has 0 atom stereocenters. The van der Waals surface area contributed by atoms with Gasteiger partial charge in [0.25, 0.3) is 0 Å². The smallest absolute Gasteiger partial charge is 0.233 e. The zero-order valence-corrected chi connectivity index (χ0v) is 7.57. The Morgan fingerprint density at radius 2 is 2.31 bits per heavy atom. The molecule has 0 unspecified atom stereocenters. The minimum atomic E-state index is 0.654. The third-order valence-corrected chi connectivity index (χ3v) is 1.92. The SMILES string of the molecule is Cc1cn2cc(CCN)cnc2n1. The van der Waals surface area contributed by atoms with Crippen LogP contribution in [0.25, 0.3) is 5.78 Å². The van der Waals surface area contributed by atoms with Crippen LogP contribution in [-0.2, 0) is 6.42 Å². The van der Waals surface area contributed by atoms with Crippen molar-refractivity contribution in [2.75, 3.05) is 6.54 Å². The highest BCUT2D eigenvalue weighted by molar-refractivity contribution is 5.31. The Morgan fingerprint density at radius 3 is 3.08 bits per heavy atom.